The van der Waals surface area contributed by atoms with E-state index in [9.17, 15) is 14.7 Å². The second-order valence-electron chi connectivity index (χ2n) is 4.56. The molecule has 1 N–H and O–H groups in total. The topological polar surface area (TPSA) is 66.8 Å². The number of ether oxygens (including phenoxy) is 1. The Morgan fingerprint density at radius 2 is 2.05 bits per heavy atom. The van der Waals surface area contributed by atoms with Crippen molar-refractivity contribution in [2.45, 2.75) is 0 Å². The maximum Gasteiger partial charge on any atom is 0.336 e. The van der Waals surface area contributed by atoms with E-state index in [-0.39, 0.29) is 23.5 Å². The van der Waals surface area contributed by atoms with Crippen molar-refractivity contribution >= 4 is 17.4 Å². The molecule has 0 aromatic heterocycles. The standard InChI is InChI=1S/C15H15NO4/c1-16(2)12-7-3-6-11(15(18)19)13(12)14(17)10-5-4-8-20-9-10/h3-8H,9H2,1-2H3,(H,18,19). The molecule has 0 fully saturated rings. The Balaban J connectivity index is 2.58. The summed E-state index contributed by atoms with van der Waals surface area (Å²) >= 11 is 0. The molecular weight excluding hydrogens is 258 g/mol. The van der Waals surface area contributed by atoms with E-state index in [4.69, 9.17) is 4.74 Å². The summed E-state index contributed by atoms with van der Waals surface area (Å²) in [5.41, 5.74) is 1.20. The fraction of sp³-hybridized carbons (Fsp3) is 0.200. The summed E-state index contributed by atoms with van der Waals surface area (Å²) in [6.07, 6.45) is 4.76. The SMILES string of the molecule is CN(C)c1cccc(C(=O)O)c1C(=O)C1=CC=COC1. The van der Waals surface area contributed by atoms with E-state index < -0.39 is 5.97 Å². The molecule has 0 unspecified atom stereocenters. The zero-order chi connectivity index (χ0) is 14.7. The van der Waals surface area contributed by atoms with Crippen molar-refractivity contribution in [1.82, 2.24) is 0 Å². The van der Waals surface area contributed by atoms with Crippen LogP contribution in [0.3, 0.4) is 0 Å². The highest BCUT2D eigenvalue weighted by atomic mass is 16.5. The summed E-state index contributed by atoms with van der Waals surface area (Å²) in [5, 5.41) is 9.28. The molecule has 0 radical (unpaired) electrons. The minimum Gasteiger partial charge on any atom is -0.496 e. The first-order valence-electron chi connectivity index (χ1n) is 6.08. The van der Waals surface area contributed by atoms with Gasteiger partial charge in [-0.15, -0.1) is 0 Å². The fourth-order valence-electron chi connectivity index (χ4n) is 2.03. The summed E-state index contributed by atoms with van der Waals surface area (Å²) < 4.78 is 5.09. The van der Waals surface area contributed by atoms with Gasteiger partial charge in [0.1, 0.15) is 6.61 Å². The summed E-state index contributed by atoms with van der Waals surface area (Å²) in [6, 6.07) is 4.78. The number of carbonyl (C=O) groups excluding carboxylic acids is 1. The number of hydrogen-bond acceptors (Lipinski definition) is 4. The normalized spacial score (nSPS) is 13.4. The third kappa shape index (κ3) is 2.56. The van der Waals surface area contributed by atoms with Crippen molar-refractivity contribution in [3.8, 4) is 0 Å². The van der Waals surface area contributed by atoms with Gasteiger partial charge in [0, 0.05) is 25.4 Å². The van der Waals surface area contributed by atoms with E-state index >= 15 is 0 Å². The number of allylic oxidation sites excluding steroid dienone is 2. The molecule has 1 heterocycles. The average Bonchev–Trinajstić information content (AvgIpc) is 2.46. The molecule has 0 spiro atoms. The number of carboxylic acids is 1. The quantitative estimate of drug-likeness (QED) is 0.851. The number of carboxylic acid groups (broad SMARTS) is 1. The first-order valence-corrected chi connectivity index (χ1v) is 6.08. The number of Topliss-reactive ketones (excluding diaryl/α,β-unsaturated/α-hetero) is 1. The molecule has 5 heteroatoms. The van der Waals surface area contributed by atoms with Gasteiger partial charge in [-0.1, -0.05) is 6.07 Å². The van der Waals surface area contributed by atoms with Crippen LogP contribution >= 0.6 is 0 Å². The van der Waals surface area contributed by atoms with E-state index in [2.05, 4.69) is 0 Å². The molecule has 0 saturated heterocycles. The molecule has 0 atom stereocenters. The predicted molar refractivity (Wildman–Crippen MR) is 75.2 cm³/mol. The maximum absolute atomic E-state index is 12.6. The zero-order valence-electron chi connectivity index (χ0n) is 11.3. The van der Waals surface area contributed by atoms with E-state index in [1.54, 1.807) is 43.3 Å². The second-order valence-corrected chi connectivity index (χ2v) is 4.56. The predicted octanol–water partition coefficient (Wildman–Crippen LogP) is 2.10. The Morgan fingerprint density at radius 3 is 2.60 bits per heavy atom. The van der Waals surface area contributed by atoms with Crippen molar-refractivity contribution in [2.75, 3.05) is 25.6 Å². The Kier molecular flexibility index (Phi) is 3.89. The highest BCUT2D eigenvalue weighted by Gasteiger charge is 2.24. The first kappa shape index (κ1) is 13.9. The zero-order valence-corrected chi connectivity index (χ0v) is 11.3. The first-order chi connectivity index (χ1) is 9.52. The summed E-state index contributed by atoms with van der Waals surface area (Å²) in [7, 11) is 3.53. The average molecular weight is 273 g/mol. The van der Waals surface area contributed by atoms with Gasteiger partial charge in [0.15, 0.2) is 5.78 Å². The van der Waals surface area contributed by atoms with Crippen molar-refractivity contribution in [3.63, 3.8) is 0 Å². The molecule has 1 aromatic carbocycles. The third-order valence-electron chi connectivity index (χ3n) is 2.98. The molecule has 0 aliphatic carbocycles. The number of ketones is 1. The molecule has 5 nitrogen and oxygen atoms in total. The number of anilines is 1. The van der Waals surface area contributed by atoms with E-state index in [0.717, 1.165) is 0 Å². The summed E-state index contributed by atoms with van der Waals surface area (Å²) in [4.78, 5) is 25.6. The minimum atomic E-state index is -1.12. The lowest BCUT2D eigenvalue weighted by Crippen LogP contribution is -2.20. The van der Waals surface area contributed by atoms with Crippen LogP contribution in [0.2, 0.25) is 0 Å². The third-order valence-corrected chi connectivity index (χ3v) is 2.98. The van der Waals surface area contributed by atoms with E-state index in [0.29, 0.717) is 11.3 Å². The number of hydrogen-bond donors (Lipinski definition) is 1. The summed E-state index contributed by atoms with van der Waals surface area (Å²) in [6.45, 7) is 0.149. The molecule has 104 valence electrons. The van der Waals surface area contributed by atoms with Crippen LogP contribution in [0.25, 0.3) is 0 Å². The molecule has 0 bridgehead atoms. The Labute approximate surface area is 116 Å². The number of aromatic carboxylic acids is 1. The number of rotatable bonds is 4. The number of nitrogens with zero attached hydrogens (tertiary/aromatic N) is 1. The number of benzene rings is 1. The lowest BCUT2D eigenvalue weighted by Gasteiger charge is -2.19. The van der Waals surface area contributed by atoms with Crippen molar-refractivity contribution < 1.29 is 19.4 Å². The van der Waals surface area contributed by atoms with Gasteiger partial charge in [-0.05, 0) is 24.3 Å². The highest BCUT2D eigenvalue weighted by Crippen LogP contribution is 2.26. The second kappa shape index (κ2) is 5.61. The van der Waals surface area contributed by atoms with Crippen LogP contribution in [0.15, 0.2) is 42.2 Å². The Bertz CT molecular complexity index is 614. The molecular formula is C15H15NO4. The Hall–Kier alpha value is -2.56. The monoisotopic (exact) mass is 273 g/mol. The Morgan fingerprint density at radius 1 is 1.30 bits per heavy atom. The van der Waals surface area contributed by atoms with E-state index in [1.807, 2.05) is 0 Å². The van der Waals surface area contributed by atoms with Gasteiger partial charge >= 0.3 is 5.97 Å². The smallest absolute Gasteiger partial charge is 0.336 e. The molecule has 1 aliphatic rings. The lowest BCUT2D eigenvalue weighted by molar-refractivity contribution is 0.0692. The molecule has 1 aromatic rings. The minimum absolute atomic E-state index is 0.00310. The largest absolute Gasteiger partial charge is 0.496 e. The van der Waals surface area contributed by atoms with Crippen LogP contribution in [0.5, 0.6) is 0 Å². The van der Waals surface area contributed by atoms with Crippen molar-refractivity contribution in [1.29, 1.82) is 0 Å². The van der Waals surface area contributed by atoms with Gasteiger partial charge in [0.25, 0.3) is 0 Å². The van der Waals surface area contributed by atoms with Crippen LogP contribution in [-0.2, 0) is 4.74 Å². The van der Waals surface area contributed by atoms with Gasteiger partial charge in [0.05, 0.1) is 17.4 Å². The van der Waals surface area contributed by atoms with Gasteiger partial charge in [-0.3, -0.25) is 4.79 Å². The van der Waals surface area contributed by atoms with Crippen LogP contribution < -0.4 is 4.90 Å². The van der Waals surface area contributed by atoms with Crippen LogP contribution in [0.4, 0.5) is 5.69 Å². The van der Waals surface area contributed by atoms with Crippen molar-refractivity contribution in [3.05, 3.63) is 53.3 Å². The van der Waals surface area contributed by atoms with Gasteiger partial charge in [-0.25, -0.2) is 4.79 Å². The summed E-state index contributed by atoms with van der Waals surface area (Å²) in [5.74, 6) is -1.44. The highest BCUT2D eigenvalue weighted by molar-refractivity contribution is 6.17. The molecule has 2 rings (SSSR count). The molecule has 0 amide bonds. The van der Waals surface area contributed by atoms with Gasteiger partial charge < -0.3 is 14.7 Å². The van der Waals surface area contributed by atoms with Gasteiger partial charge in [0.2, 0.25) is 0 Å². The molecule has 1 aliphatic heterocycles. The van der Waals surface area contributed by atoms with Crippen molar-refractivity contribution in [2.24, 2.45) is 0 Å². The maximum atomic E-state index is 12.6. The van der Waals surface area contributed by atoms with Gasteiger partial charge in [-0.2, -0.15) is 0 Å². The number of carbonyl (C=O) groups is 2. The molecule has 20 heavy (non-hydrogen) atoms. The fourth-order valence-corrected chi connectivity index (χ4v) is 2.03. The van der Waals surface area contributed by atoms with Crippen LogP contribution in [-0.4, -0.2) is 37.6 Å². The van der Waals surface area contributed by atoms with Crippen LogP contribution in [0.1, 0.15) is 20.7 Å². The lowest BCUT2D eigenvalue weighted by atomic mass is 9.95. The molecule has 0 saturated carbocycles. The van der Waals surface area contributed by atoms with E-state index in [1.165, 1.54) is 12.3 Å². The van der Waals surface area contributed by atoms with Crippen LogP contribution in [0, 0.1) is 0 Å².